The van der Waals surface area contributed by atoms with Crippen LogP contribution in [0.3, 0.4) is 0 Å². The van der Waals surface area contributed by atoms with E-state index in [9.17, 15) is 0 Å². The quantitative estimate of drug-likeness (QED) is 0.176. The highest BCUT2D eigenvalue weighted by Gasteiger charge is 2.19. The summed E-state index contributed by atoms with van der Waals surface area (Å²) in [4.78, 5) is 4.63. The minimum Gasteiger partial charge on any atom is -0.264 e. The zero-order valence-electron chi connectivity index (χ0n) is 27.3. The molecule has 0 aliphatic carbocycles. The number of hydrogen-bond acceptors (Lipinski definition) is 1. The molecule has 0 amide bonds. The number of pyridine rings is 1. The summed E-state index contributed by atoms with van der Waals surface area (Å²) < 4.78 is 0. The smallest absolute Gasteiger partial charge is 0.0353 e. The number of nitrogens with zero attached hydrogens (tertiary/aromatic N) is 1. The normalized spacial score (nSPS) is 11.6. The van der Waals surface area contributed by atoms with Gasteiger partial charge in [0.25, 0.3) is 0 Å². The van der Waals surface area contributed by atoms with Gasteiger partial charge in [0.2, 0.25) is 0 Å². The predicted octanol–water partition coefficient (Wildman–Crippen LogP) is 13.5. The Hall–Kier alpha value is -6.57. The zero-order valence-corrected chi connectivity index (χ0v) is 27.3. The number of aromatic nitrogens is 1. The van der Waals surface area contributed by atoms with Crippen molar-refractivity contribution in [2.45, 2.75) is 0 Å². The molecular formula is C49H31N. The topological polar surface area (TPSA) is 12.9 Å². The molecule has 0 aliphatic heterocycles. The molecule has 0 fully saturated rings. The lowest BCUT2D eigenvalue weighted by molar-refractivity contribution is 1.37. The Labute approximate surface area is 290 Å². The van der Waals surface area contributed by atoms with E-state index in [0.717, 1.165) is 5.39 Å². The Morgan fingerprint density at radius 1 is 0.260 bits per heavy atom. The molecule has 0 bridgehead atoms. The second kappa shape index (κ2) is 11.5. The van der Waals surface area contributed by atoms with E-state index in [1.807, 2.05) is 12.4 Å². The number of rotatable bonds is 4. The van der Waals surface area contributed by atoms with Crippen molar-refractivity contribution in [2.24, 2.45) is 0 Å². The van der Waals surface area contributed by atoms with Crippen LogP contribution in [0.2, 0.25) is 0 Å². The first-order valence-corrected chi connectivity index (χ1v) is 17.2. The molecule has 0 N–H and O–H groups in total. The van der Waals surface area contributed by atoms with Crippen molar-refractivity contribution in [1.82, 2.24) is 4.98 Å². The molecule has 1 aromatic heterocycles. The first-order valence-electron chi connectivity index (χ1n) is 17.2. The second-order valence-electron chi connectivity index (χ2n) is 13.0. The molecule has 1 nitrogen and oxygen atoms in total. The lowest BCUT2D eigenvalue weighted by atomic mass is 9.84. The van der Waals surface area contributed by atoms with Gasteiger partial charge in [0.05, 0.1) is 0 Å². The molecule has 1 heterocycles. The first kappa shape index (κ1) is 28.4. The van der Waals surface area contributed by atoms with Crippen molar-refractivity contribution in [3.8, 4) is 44.5 Å². The van der Waals surface area contributed by atoms with Crippen LogP contribution in [0.15, 0.2) is 188 Å². The molecule has 9 aromatic carbocycles. The van der Waals surface area contributed by atoms with Crippen LogP contribution in [0, 0.1) is 0 Å². The van der Waals surface area contributed by atoms with Crippen molar-refractivity contribution in [3.63, 3.8) is 0 Å². The molecule has 1 heteroatoms. The van der Waals surface area contributed by atoms with Crippen LogP contribution in [0.4, 0.5) is 0 Å². The van der Waals surface area contributed by atoms with Gasteiger partial charge in [0, 0.05) is 17.8 Å². The molecule has 0 atom stereocenters. The lowest BCUT2D eigenvalue weighted by Gasteiger charge is -2.19. The standard InChI is InChI=1S/C49H31N/c1-2-14-33(15-3-1)46-38-18-6-7-19-39(38)48(45-31-50-30-29-44(45)46)35-27-25-34(26-28-35)47-40-20-8-10-22-42(40)49(43-23-11-9-21-41(43)47)37-24-12-16-32-13-4-5-17-36(32)37/h1-31H. The summed E-state index contributed by atoms with van der Waals surface area (Å²) in [5.74, 6) is 0. The van der Waals surface area contributed by atoms with Gasteiger partial charge in [-0.05, 0) is 99.0 Å². The van der Waals surface area contributed by atoms with Crippen LogP contribution in [0.1, 0.15) is 0 Å². The largest absolute Gasteiger partial charge is 0.264 e. The summed E-state index contributed by atoms with van der Waals surface area (Å²) in [5.41, 5.74) is 9.90. The minimum atomic E-state index is 1.16. The van der Waals surface area contributed by atoms with Crippen molar-refractivity contribution >= 4 is 53.9 Å². The third kappa shape index (κ3) is 4.37. The number of fused-ring (bicyclic) bond motifs is 5. The molecule has 0 unspecified atom stereocenters. The average molecular weight is 634 g/mol. The van der Waals surface area contributed by atoms with Crippen LogP contribution in [0.5, 0.6) is 0 Å². The predicted molar refractivity (Wildman–Crippen MR) is 214 cm³/mol. The monoisotopic (exact) mass is 633 g/mol. The average Bonchev–Trinajstić information content (AvgIpc) is 3.19. The van der Waals surface area contributed by atoms with Crippen molar-refractivity contribution < 1.29 is 0 Å². The van der Waals surface area contributed by atoms with Gasteiger partial charge in [-0.1, -0.05) is 170 Å². The molecule has 10 rings (SSSR count). The molecule has 0 saturated carbocycles. The van der Waals surface area contributed by atoms with Gasteiger partial charge in [-0.25, -0.2) is 0 Å². The van der Waals surface area contributed by atoms with Crippen LogP contribution in [0.25, 0.3) is 98.4 Å². The van der Waals surface area contributed by atoms with Gasteiger partial charge >= 0.3 is 0 Å². The van der Waals surface area contributed by atoms with E-state index in [4.69, 9.17) is 0 Å². The van der Waals surface area contributed by atoms with Gasteiger partial charge in [-0.3, -0.25) is 4.98 Å². The fourth-order valence-corrected chi connectivity index (χ4v) is 8.22. The van der Waals surface area contributed by atoms with Crippen molar-refractivity contribution in [2.75, 3.05) is 0 Å². The fraction of sp³-hybridized carbons (Fsp3) is 0. The summed E-state index contributed by atoms with van der Waals surface area (Å²) in [6.45, 7) is 0. The van der Waals surface area contributed by atoms with Crippen LogP contribution >= 0.6 is 0 Å². The van der Waals surface area contributed by atoms with E-state index in [1.165, 1.54) is 93.0 Å². The third-order valence-corrected chi connectivity index (χ3v) is 10.3. The lowest BCUT2D eigenvalue weighted by Crippen LogP contribution is -1.93. The molecule has 0 saturated heterocycles. The van der Waals surface area contributed by atoms with E-state index in [-0.39, 0.29) is 0 Å². The Kier molecular flexibility index (Phi) is 6.57. The molecular weight excluding hydrogens is 603 g/mol. The highest BCUT2D eigenvalue weighted by Crippen LogP contribution is 2.47. The van der Waals surface area contributed by atoms with Crippen molar-refractivity contribution in [3.05, 3.63) is 188 Å². The maximum atomic E-state index is 4.63. The summed E-state index contributed by atoms with van der Waals surface area (Å²) in [6.07, 6.45) is 3.94. The van der Waals surface area contributed by atoms with E-state index in [2.05, 4.69) is 181 Å². The van der Waals surface area contributed by atoms with E-state index in [0.29, 0.717) is 0 Å². The van der Waals surface area contributed by atoms with E-state index < -0.39 is 0 Å². The first-order chi connectivity index (χ1) is 24.8. The van der Waals surface area contributed by atoms with Crippen LogP contribution in [-0.4, -0.2) is 4.98 Å². The molecule has 10 aromatic rings. The Bertz CT molecular complexity index is 2780. The maximum absolute atomic E-state index is 4.63. The minimum absolute atomic E-state index is 1.16. The molecule has 232 valence electrons. The summed E-state index contributed by atoms with van der Waals surface area (Å²) in [6, 6.07) is 64.1. The highest BCUT2D eigenvalue weighted by atomic mass is 14.6. The van der Waals surface area contributed by atoms with Crippen LogP contribution < -0.4 is 0 Å². The Morgan fingerprint density at radius 2 is 0.660 bits per heavy atom. The van der Waals surface area contributed by atoms with Gasteiger partial charge in [0.1, 0.15) is 0 Å². The SMILES string of the molecule is c1ccc(-c2c3ccccc3c(-c3ccc(-c4c5ccccc5c(-c5cccc6ccccc56)c5ccccc45)cc3)c3cnccc23)cc1. The molecule has 0 radical (unpaired) electrons. The summed E-state index contributed by atoms with van der Waals surface area (Å²) in [5, 5.41) is 12.4. The third-order valence-electron chi connectivity index (χ3n) is 10.3. The number of benzene rings is 9. The van der Waals surface area contributed by atoms with Gasteiger partial charge in [-0.15, -0.1) is 0 Å². The highest BCUT2D eigenvalue weighted by molar-refractivity contribution is 6.24. The Balaban J connectivity index is 1.21. The van der Waals surface area contributed by atoms with Gasteiger partial charge < -0.3 is 0 Å². The summed E-state index contributed by atoms with van der Waals surface area (Å²) in [7, 11) is 0. The summed E-state index contributed by atoms with van der Waals surface area (Å²) >= 11 is 0. The second-order valence-corrected chi connectivity index (χ2v) is 13.0. The van der Waals surface area contributed by atoms with Crippen LogP contribution in [-0.2, 0) is 0 Å². The molecule has 50 heavy (non-hydrogen) atoms. The van der Waals surface area contributed by atoms with Gasteiger partial charge in [-0.2, -0.15) is 0 Å². The fourth-order valence-electron chi connectivity index (χ4n) is 8.22. The van der Waals surface area contributed by atoms with E-state index in [1.54, 1.807) is 0 Å². The van der Waals surface area contributed by atoms with Crippen molar-refractivity contribution in [1.29, 1.82) is 0 Å². The Morgan fingerprint density at radius 3 is 1.22 bits per heavy atom. The van der Waals surface area contributed by atoms with E-state index >= 15 is 0 Å². The molecule has 0 spiro atoms. The maximum Gasteiger partial charge on any atom is 0.0353 e. The van der Waals surface area contributed by atoms with Gasteiger partial charge in [0.15, 0.2) is 0 Å². The number of hydrogen-bond donors (Lipinski definition) is 0. The molecule has 0 aliphatic rings. The zero-order chi connectivity index (χ0) is 33.0.